The molecule has 1 aliphatic heterocycles. The molecule has 1 aliphatic carbocycles. The molecule has 2 fully saturated rings. The molecule has 7 rings (SSSR count). The quantitative estimate of drug-likeness (QED) is 0.141. The topological polar surface area (TPSA) is 75.3 Å². The molecule has 248 valence electrons. The summed E-state index contributed by atoms with van der Waals surface area (Å²) in [6, 6.07) is 50.0. The van der Waals surface area contributed by atoms with Crippen molar-refractivity contribution in [3.63, 3.8) is 0 Å². The van der Waals surface area contributed by atoms with Crippen LogP contribution in [0.5, 0.6) is 0 Å². The van der Waals surface area contributed by atoms with E-state index in [1.807, 2.05) is 103 Å². The monoisotopic (exact) mass is 653 g/mol. The highest BCUT2D eigenvalue weighted by Gasteiger charge is 2.65. The van der Waals surface area contributed by atoms with Crippen LogP contribution in [0, 0.1) is 0 Å². The van der Waals surface area contributed by atoms with E-state index in [0.717, 1.165) is 27.8 Å². The van der Waals surface area contributed by atoms with Gasteiger partial charge in [0.2, 0.25) is 0 Å². The maximum atomic E-state index is 12.9. The summed E-state index contributed by atoms with van der Waals surface area (Å²) in [5.41, 5.74) is 2.42. The fraction of sp³-hybridized carbons (Fsp3) is 0.244. The highest BCUT2D eigenvalue weighted by atomic mass is 16.7. The van der Waals surface area contributed by atoms with E-state index in [-0.39, 0.29) is 18.5 Å². The Balaban J connectivity index is 1.29. The van der Waals surface area contributed by atoms with Gasteiger partial charge in [-0.05, 0) is 34.2 Å². The van der Waals surface area contributed by atoms with E-state index in [0.29, 0.717) is 6.42 Å². The molecular weight excluding hydrogens is 613 g/mol. The van der Waals surface area contributed by atoms with Crippen molar-refractivity contribution in [3.05, 3.63) is 179 Å². The van der Waals surface area contributed by atoms with E-state index >= 15 is 0 Å². The summed E-state index contributed by atoms with van der Waals surface area (Å²) in [4.78, 5) is 12.9. The number of amides is 1. The second-order valence-corrected chi connectivity index (χ2v) is 12.5. The molecule has 2 aliphatic rings. The number of hydrogen-bond donors (Lipinski definition) is 1. The molecule has 1 amide bonds. The SMILES string of the molecule is COC(c1ccccc1)(c1ccccc1)[C@@H]1OB([C@@H]2C[C@H]2NC(=O)OCc2ccccc2)O[C@H]1C(OC)(c1ccccc1)c1ccccc1. The fourth-order valence-electron chi connectivity index (χ4n) is 7.32. The third-order valence-electron chi connectivity index (χ3n) is 9.80. The first-order valence-electron chi connectivity index (χ1n) is 16.7. The molecule has 4 atom stereocenters. The Kier molecular flexibility index (Phi) is 9.64. The molecule has 0 unspecified atom stereocenters. The maximum absolute atomic E-state index is 12.9. The zero-order valence-corrected chi connectivity index (χ0v) is 27.7. The molecule has 0 aromatic heterocycles. The number of hydrogen-bond acceptors (Lipinski definition) is 6. The summed E-state index contributed by atoms with van der Waals surface area (Å²) in [5.74, 6) is -0.112. The lowest BCUT2D eigenvalue weighted by Crippen LogP contribution is -2.56. The molecule has 8 heteroatoms. The number of carbonyl (C=O) groups is 1. The van der Waals surface area contributed by atoms with E-state index in [4.69, 9.17) is 23.5 Å². The standard InChI is InChI=1S/C41H40BNO6/c1-45-40(31-20-10-4-11-21-31,32-22-12-5-13-23-32)37-38(41(46-2,33-24-14-6-15-25-33)34-26-16-7-17-27-34)49-42(48-37)35-28-36(35)43-39(44)47-29-30-18-8-3-9-19-30/h3-27,35-38H,28-29H2,1-2H3,(H,43,44)/t35-,36-,37-,38-/m1/s1. The van der Waals surface area contributed by atoms with Gasteiger partial charge in [-0.3, -0.25) is 0 Å². The molecule has 0 spiro atoms. The van der Waals surface area contributed by atoms with Crippen LogP contribution in [-0.2, 0) is 41.3 Å². The molecule has 1 heterocycles. The molecule has 7 nitrogen and oxygen atoms in total. The van der Waals surface area contributed by atoms with Gasteiger partial charge >= 0.3 is 13.2 Å². The molecule has 0 bridgehead atoms. The Morgan fingerprint density at radius 2 is 1.00 bits per heavy atom. The number of rotatable bonds is 12. The van der Waals surface area contributed by atoms with Crippen molar-refractivity contribution >= 4 is 13.2 Å². The first-order valence-corrected chi connectivity index (χ1v) is 16.7. The summed E-state index contributed by atoms with van der Waals surface area (Å²) in [7, 11) is 2.77. The van der Waals surface area contributed by atoms with Crippen molar-refractivity contribution in [2.75, 3.05) is 14.2 Å². The first kappa shape index (κ1) is 32.8. The van der Waals surface area contributed by atoms with Gasteiger partial charge in [0.05, 0.1) is 0 Å². The van der Waals surface area contributed by atoms with Crippen LogP contribution < -0.4 is 5.32 Å². The van der Waals surface area contributed by atoms with Crippen LogP contribution in [0.2, 0.25) is 5.82 Å². The van der Waals surface area contributed by atoms with Gasteiger partial charge in [0.1, 0.15) is 30.0 Å². The largest absolute Gasteiger partial charge is 0.463 e. The third kappa shape index (κ3) is 6.29. The van der Waals surface area contributed by atoms with E-state index in [2.05, 4.69) is 53.8 Å². The summed E-state index contributed by atoms with van der Waals surface area (Å²) < 4.78 is 33.2. The number of ether oxygens (including phenoxy) is 3. The molecule has 0 radical (unpaired) electrons. The lowest BCUT2D eigenvalue weighted by Gasteiger charge is -2.47. The zero-order valence-electron chi connectivity index (χ0n) is 27.7. The number of alkyl carbamates (subject to hydrolysis) is 1. The lowest BCUT2D eigenvalue weighted by atomic mass is 9.71. The van der Waals surface area contributed by atoms with Crippen molar-refractivity contribution in [2.45, 2.75) is 48.3 Å². The number of benzene rings is 5. The van der Waals surface area contributed by atoms with E-state index in [1.54, 1.807) is 14.2 Å². The Morgan fingerprint density at radius 1 is 0.633 bits per heavy atom. The summed E-state index contributed by atoms with van der Waals surface area (Å²) >= 11 is 0. The highest BCUT2D eigenvalue weighted by Crippen LogP contribution is 2.54. The van der Waals surface area contributed by atoms with Crippen molar-refractivity contribution in [2.24, 2.45) is 0 Å². The van der Waals surface area contributed by atoms with Crippen molar-refractivity contribution in [1.29, 1.82) is 0 Å². The minimum absolute atomic E-state index is 0.112. The van der Waals surface area contributed by atoms with Gasteiger partial charge in [0.25, 0.3) is 0 Å². The minimum atomic E-state index is -1.10. The lowest BCUT2D eigenvalue weighted by molar-refractivity contribution is -0.136. The molecule has 1 saturated carbocycles. The van der Waals surface area contributed by atoms with Gasteiger partial charge in [-0.2, -0.15) is 0 Å². The number of methoxy groups -OCH3 is 2. The van der Waals surface area contributed by atoms with Crippen LogP contribution in [0.25, 0.3) is 0 Å². The van der Waals surface area contributed by atoms with Crippen LogP contribution in [0.1, 0.15) is 34.2 Å². The minimum Gasteiger partial charge on any atom is -0.445 e. The van der Waals surface area contributed by atoms with Gasteiger partial charge in [-0.15, -0.1) is 0 Å². The molecular formula is C41H40BNO6. The predicted molar refractivity (Wildman–Crippen MR) is 189 cm³/mol. The molecule has 5 aromatic carbocycles. The second kappa shape index (κ2) is 14.4. The summed E-state index contributed by atoms with van der Waals surface area (Å²) in [6.07, 6.45) is -1.18. The van der Waals surface area contributed by atoms with Gasteiger partial charge < -0.3 is 28.8 Å². The van der Waals surface area contributed by atoms with Gasteiger partial charge in [-0.25, -0.2) is 4.79 Å². The van der Waals surface area contributed by atoms with Crippen LogP contribution in [0.3, 0.4) is 0 Å². The van der Waals surface area contributed by atoms with Crippen molar-refractivity contribution in [3.8, 4) is 0 Å². The fourth-order valence-corrected chi connectivity index (χ4v) is 7.32. The number of nitrogens with one attached hydrogen (secondary N) is 1. The molecule has 49 heavy (non-hydrogen) atoms. The normalized spacial score (nSPS) is 20.5. The van der Waals surface area contributed by atoms with Crippen molar-refractivity contribution in [1.82, 2.24) is 5.32 Å². The summed E-state index contributed by atoms with van der Waals surface area (Å²) in [6.45, 7) is 0.194. The molecule has 1 N–H and O–H groups in total. The van der Waals surface area contributed by atoms with Gasteiger partial charge in [0.15, 0.2) is 0 Å². The zero-order chi connectivity index (χ0) is 33.7. The average Bonchev–Trinajstić information content (AvgIpc) is 3.80. The maximum Gasteiger partial charge on any atom is 0.463 e. The Bertz CT molecular complexity index is 1620. The Morgan fingerprint density at radius 3 is 1.37 bits per heavy atom. The van der Waals surface area contributed by atoms with Gasteiger partial charge in [0, 0.05) is 26.1 Å². The summed E-state index contributed by atoms with van der Waals surface area (Å²) in [5, 5.41) is 3.03. The smallest absolute Gasteiger partial charge is 0.445 e. The average molecular weight is 654 g/mol. The van der Waals surface area contributed by atoms with E-state index in [1.165, 1.54) is 0 Å². The predicted octanol–water partition coefficient (Wildman–Crippen LogP) is 7.51. The van der Waals surface area contributed by atoms with E-state index in [9.17, 15) is 4.79 Å². The molecule has 1 saturated heterocycles. The van der Waals surface area contributed by atoms with Gasteiger partial charge in [-0.1, -0.05) is 152 Å². The van der Waals surface area contributed by atoms with Crippen LogP contribution >= 0.6 is 0 Å². The highest BCUT2D eigenvalue weighted by molar-refractivity contribution is 6.49. The first-order chi connectivity index (χ1) is 24.1. The number of carbonyl (C=O) groups excluding carboxylic acids is 1. The Hall–Kier alpha value is -4.73. The molecule has 5 aromatic rings. The van der Waals surface area contributed by atoms with Crippen LogP contribution in [-0.4, -0.2) is 45.7 Å². The van der Waals surface area contributed by atoms with Crippen LogP contribution in [0.4, 0.5) is 4.79 Å². The second-order valence-electron chi connectivity index (χ2n) is 12.5. The van der Waals surface area contributed by atoms with E-state index < -0.39 is 36.6 Å². The van der Waals surface area contributed by atoms with Crippen molar-refractivity contribution < 1.29 is 28.3 Å². The Labute approximate surface area is 288 Å². The third-order valence-corrected chi connectivity index (χ3v) is 9.80. The van der Waals surface area contributed by atoms with Crippen LogP contribution in [0.15, 0.2) is 152 Å².